The van der Waals surface area contributed by atoms with Crippen molar-refractivity contribution in [2.75, 3.05) is 18.4 Å². The fourth-order valence-electron chi connectivity index (χ4n) is 5.25. The molecular formula is C33H28F3N5O2S. The summed E-state index contributed by atoms with van der Waals surface area (Å²) in [4.78, 5) is 23.4. The topological polar surface area (TPSA) is 88.9 Å². The van der Waals surface area contributed by atoms with E-state index in [-0.39, 0.29) is 22.5 Å². The first-order chi connectivity index (χ1) is 21.2. The standard InChI is InChI=1S/C33H28F3N5O2S/c1-21-17-27(44(43)26-5-3-2-4-6-26)11-12-28(21)29-18-24-19-38-32(40-30(24)41(31(29)42)20-33(34,35)36)39-25-9-7-22(8-10-25)23-13-15-37-16-14-23/h2-13,17-19,37H,14-16,20H2,1H3,(H,38,39,40). The number of nitrogens with zero attached hydrogens (tertiary/aromatic N) is 3. The van der Waals surface area contributed by atoms with Gasteiger partial charge in [0.2, 0.25) is 5.95 Å². The van der Waals surface area contributed by atoms with E-state index in [0.29, 0.717) is 31.2 Å². The predicted octanol–water partition coefficient (Wildman–Crippen LogP) is 6.62. The highest BCUT2D eigenvalue weighted by molar-refractivity contribution is 7.85. The zero-order valence-corrected chi connectivity index (χ0v) is 24.5. The molecule has 0 radical (unpaired) electrons. The van der Waals surface area contributed by atoms with E-state index in [2.05, 4.69) is 26.7 Å². The Kier molecular flexibility index (Phi) is 8.15. The number of fused-ring (bicyclic) bond motifs is 1. The highest BCUT2D eigenvalue weighted by Crippen LogP contribution is 2.29. The van der Waals surface area contributed by atoms with Crippen LogP contribution in [0, 0.1) is 6.92 Å². The summed E-state index contributed by atoms with van der Waals surface area (Å²) in [6, 6.07) is 23.0. The van der Waals surface area contributed by atoms with Gasteiger partial charge in [0.05, 0.1) is 10.8 Å². The highest BCUT2D eigenvalue weighted by Gasteiger charge is 2.30. The molecule has 3 aromatic carbocycles. The van der Waals surface area contributed by atoms with E-state index in [1.807, 2.05) is 30.3 Å². The Balaban J connectivity index is 1.36. The fourth-order valence-corrected chi connectivity index (χ4v) is 6.41. The summed E-state index contributed by atoms with van der Waals surface area (Å²) in [5, 5.41) is 6.60. The molecule has 7 nitrogen and oxygen atoms in total. The van der Waals surface area contributed by atoms with Crippen molar-refractivity contribution >= 4 is 39.0 Å². The van der Waals surface area contributed by atoms with Gasteiger partial charge in [-0.15, -0.1) is 0 Å². The maximum absolute atomic E-state index is 13.7. The maximum Gasteiger partial charge on any atom is 0.406 e. The molecule has 1 aliphatic heterocycles. The third-order valence-corrected chi connectivity index (χ3v) is 8.78. The SMILES string of the molecule is Cc1cc(S(=O)c2ccccc2)ccc1-c1cc2cnc(Nc3ccc(C4=CCNCC4)cc3)nc2n(CC(F)(F)F)c1=O. The molecule has 0 fully saturated rings. The molecule has 1 atom stereocenters. The molecule has 1 unspecified atom stereocenters. The lowest BCUT2D eigenvalue weighted by Crippen LogP contribution is -2.30. The summed E-state index contributed by atoms with van der Waals surface area (Å²) in [5.41, 5.74) is 3.15. The number of nitrogens with one attached hydrogen (secondary N) is 2. The van der Waals surface area contributed by atoms with Gasteiger partial charge in [0.15, 0.2) is 0 Å². The number of benzene rings is 3. The normalized spacial score (nSPS) is 14.3. The Morgan fingerprint density at radius 3 is 2.43 bits per heavy atom. The molecule has 224 valence electrons. The second kappa shape index (κ2) is 12.2. The number of halogens is 3. The number of hydrogen-bond donors (Lipinski definition) is 2. The Hall–Kier alpha value is -4.61. The first-order valence-electron chi connectivity index (χ1n) is 14.0. The lowest BCUT2D eigenvalue weighted by Gasteiger charge is -2.16. The van der Waals surface area contributed by atoms with E-state index in [1.54, 1.807) is 49.4 Å². The van der Waals surface area contributed by atoms with E-state index in [9.17, 15) is 22.2 Å². The van der Waals surface area contributed by atoms with Crippen LogP contribution in [-0.2, 0) is 17.3 Å². The van der Waals surface area contributed by atoms with Gasteiger partial charge in [0.1, 0.15) is 12.2 Å². The molecule has 0 spiro atoms. The van der Waals surface area contributed by atoms with Crippen molar-refractivity contribution in [3.05, 3.63) is 113 Å². The molecule has 2 aromatic heterocycles. The van der Waals surface area contributed by atoms with Crippen LogP contribution in [0.25, 0.3) is 27.7 Å². The number of alkyl halides is 3. The van der Waals surface area contributed by atoms with Gasteiger partial charge in [-0.1, -0.05) is 42.5 Å². The number of rotatable bonds is 7. The summed E-state index contributed by atoms with van der Waals surface area (Å²) in [5.74, 6) is 0.0679. The van der Waals surface area contributed by atoms with Gasteiger partial charge >= 0.3 is 6.18 Å². The second-order valence-electron chi connectivity index (χ2n) is 10.5. The van der Waals surface area contributed by atoms with Crippen LogP contribution in [-0.4, -0.2) is 38.0 Å². The van der Waals surface area contributed by atoms with E-state index in [1.165, 1.54) is 17.8 Å². The van der Waals surface area contributed by atoms with E-state index < -0.39 is 29.1 Å². The number of aryl methyl sites for hydroxylation is 1. The second-order valence-corrected chi connectivity index (χ2v) is 12.0. The zero-order chi connectivity index (χ0) is 30.8. The van der Waals surface area contributed by atoms with Crippen molar-refractivity contribution in [2.45, 2.75) is 35.9 Å². The van der Waals surface area contributed by atoms with Crippen LogP contribution in [0.15, 0.2) is 106 Å². The largest absolute Gasteiger partial charge is 0.406 e. The summed E-state index contributed by atoms with van der Waals surface area (Å²) in [6.45, 7) is 1.95. The van der Waals surface area contributed by atoms with Crippen LogP contribution in [0.2, 0.25) is 0 Å². The van der Waals surface area contributed by atoms with Gasteiger partial charge in [-0.2, -0.15) is 18.2 Å². The summed E-state index contributed by atoms with van der Waals surface area (Å²) in [6.07, 6.45) is -0.189. The quantitative estimate of drug-likeness (QED) is 0.214. The number of hydrogen-bond acceptors (Lipinski definition) is 6. The average molecular weight is 616 g/mol. The minimum absolute atomic E-state index is 0.0679. The molecule has 0 bridgehead atoms. The van der Waals surface area contributed by atoms with Gasteiger partial charge in [-0.25, -0.2) is 9.19 Å². The van der Waals surface area contributed by atoms with Crippen LogP contribution >= 0.6 is 0 Å². The van der Waals surface area contributed by atoms with Crippen molar-refractivity contribution < 1.29 is 17.4 Å². The summed E-state index contributed by atoms with van der Waals surface area (Å²) < 4.78 is 54.9. The van der Waals surface area contributed by atoms with Crippen LogP contribution in [0.4, 0.5) is 24.8 Å². The van der Waals surface area contributed by atoms with Gasteiger partial charge in [-0.05, 0) is 84.6 Å². The highest BCUT2D eigenvalue weighted by atomic mass is 32.2. The molecule has 6 rings (SSSR count). The van der Waals surface area contributed by atoms with Gasteiger partial charge in [-0.3, -0.25) is 9.36 Å². The zero-order valence-electron chi connectivity index (χ0n) is 23.7. The molecule has 2 N–H and O–H groups in total. The van der Waals surface area contributed by atoms with Crippen molar-refractivity contribution in [1.82, 2.24) is 19.9 Å². The number of aromatic nitrogens is 3. The van der Waals surface area contributed by atoms with E-state index in [4.69, 9.17) is 0 Å². The van der Waals surface area contributed by atoms with Crippen LogP contribution in [0.3, 0.4) is 0 Å². The van der Waals surface area contributed by atoms with Crippen LogP contribution < -0.4 is 16.2 Å². The molecule has 0 amide bonds. The van der Waals surface area contributed by atoms with Crippen molar-refractivity contribution in [3.8, 4) is 11.1 Å². The maximum atomic E-state index is 13.7. The smallest absolute Gasteiger partial charge is 0.324 e. The third-order valence-electron chi connectivity index (χ3n) is 7.40. The molecule has 5 aromatic rings. The van der Waals surface area contributed by atoms with Crippen molar-refractivity contribution in [2.24, 2.45) is 0 Å². The van der Waals surface area contributed by atoms with Crippen molar-refractivity contribution in [1.29, 1.82) is 0 Å². The molecule has 11 heteroatoms. The lowest BCUT2D eigenvalue weighted by atomic mass is 10.0. The van der Waals surface area contributed by atoms with Crippen LogP contribution in [0.5, 0.6) is 0 Å². The fraction of sp³-hybridized carbons (Fsp3) is 0.182. The first kappa shape index (κ1) is 29.5. The summed E-state index contributed by atoms with van der Waals surface area (Å²) >= 11 is 0. The molecule has 0 saturated carbocycles. The molecule has 3 heterocycles. The molecular weight excluding hydrogens is 587 g/mol. The van der Waals surface area contributed by atoms with E-state index in [0.717, 1.165) is 25.1 Å². The Morgan fingerprint density at radius 2 is 1.75 bits per heavy atom. The molecule has 0 saturated heterocycles. The Morgan fingerprint density at radius 1 is 0.977 bits per heavy atom. The average Bonchev–Trinajstić information content (AvgIpc) is 3.03. The first-order valence-corrected chi connectivity index (χ1v) is 15.1. The Labute approximate surface area is 254 Å². The van der Waals surface area contributed by atoms with E-state index >= 15 is 0 Å². The van der Waals surface area contributed by atoms with Gasteiger partial charge in [0, 0.05) is 39.2 Å². The van der Waals surface area contributed by atoms with Gasteiger partial charge in [0.25, 0.3) is 5.56 Å². The molecule has 1 aliphatic rings. The Bertz CT molecular complexity index is 1960. The van der Waals surface area contributed by atoms with Gasteiger partial charge < -0.3 is 10.6 Å². The molecule has 44 heavy (non-hydrogen) atoms. The predicted molar refractivity (Wildman–Crippen MR) is 166 cm³/mol. The molecule has 0 aliphatic carbocycles. The minimum atomic E-state index is -4.67. The number of pyridine rings is 1. The lowest BCUT2D eigenvalue weighted by molar-refractivity contribution is -0.140. The minimum Gasteiger partial charge on any atom is -0.324 e. The monoisotopic (exact) mass is 615 g/mol. The third kappa shape index (κ3) is 6.34. The van der Waals surface area contributed by atoms with Crippen LogP contribution in [0.1, 0.15) is 17.5 Å². The number of anilines is 2. The van der Waals surface area contributed by atoms with Crippen molar-refractivity contribution in [3.63, 3.8) is 0 Å². The summed E-state index contributed by atoms with van der Waals surface area (Å²) in [7, 11) is -1.45.